The Morgan fingerprint density at radius 2 is 1.93 bits per heavy atom. The molecule has 1 rings (SSSR count). The molecule has 0 unspecified atom stereocenters. The number of carbonyl (C=O) groups excluding carboxylic acids is 1. The molecule has 3 N–H and O–H groups in total. The standard InChI is InChI=1S/C11H15BrN2O/c1-7-5-9(6-8(2)11(7)12)14-10(15)3-4-13/h5-6H,3-4,13H2,1-2H3,(H,14,15). The smallest absolute Gasteiger partial charge is 0.225 e. The molecular weight excluding hydrogens is 256 g/mol. The maximum absolute atomic E-state index is 11.3. The van der Waals surface area contributed by atoms with Crippen molar-refractivity contribution in [2.24, 2.45) is 5.73 Å². The Labute approximate surface area is 98.2 Å². The van der Waals surface area contributed by atoms with Crippen molar-refractivity contribution in [2.75, 3.05) is 11.9 Å². The van der Waals surface area contributed by atoms with Gasteiger partial charge in [0.1, 0.15) is 0 Å². The van der Waals surface area contributed by atoms with E-state index in [2.05, 4.69) is 21.2 Å². The van der Waals surface area contributed by atoms with Gasteiger partial charge in [0.2, 0.25) is 5.91 Å². The number of anilines is 1. The van der Waals surface area contributed by atoms with Gasteiger partial charge in [0, 0.05) is 23.1 Å². The average Bonchev–Trinajstić information content (AvgIpc) is 2.14. The molecular formula is C11H15BrN2O. The second kappa shape index (κ2) is 5.28. The van der Waals surface area contributed by atoms with Crippen molar-refractivity contribution >= 4 is 27.5 Å². The number of aryl methyl sites for hydroxylation is 2. The van der Waals surface area contributed by atoms with Crippen molar-refractivity contribution in [3.05, 3.63) is 27.7 Å². The summed E-state index contributed by atoms with van der Waals surface area (Å²) in [6.07, 6.45) is 0.355. The first kappa shape index (κ1) is 12.2. The molecule has 0 heterocycles. The van der Waals surface area contributed by atoms with Gasteiger partial charge in [-0.2, -0.15) is 0 Å². The Morgan fingerprint density at radius 1 is 1.40 bits per heavy atom. The fraction of sp³-hybridized carbons (Fsp3) is 0.364. The third-order valence-electron chi connectivity index (χ3n) is 2.09. The molecule has 0 aromatic heterocycles. The van der Waals surface area contributed by atoms with Crippen LogP contribution in [0.5, 0.6) is 0 Å². The van der Waals surface area contributed by atoms with Gasteiger partial charge < -0.3 is 11.1 Å². The van der Waals surface area contributed by atoms with Crippen LogP contribution in [0.1, 0.15) is 17.5 Å². The summed E-state index contributed by atoms with van der Waals surface area (Å²) in [6.45, 7) is 4.37. The van der Waals surface area contributed by atoms with Gasteiger partial charge in [-0.3, -0.25) is 4.79 Å². The molecule has 15 heavy (non-hydrogen) atoms. The Bertz CT molecular complexity index is 354. The van der Waals surface area contributed by atoms with Crippen molar-refractivity contribution in [3.8, 4) is 0 Å². The predicted octanol–water partition coefficient (Wildman–Crippen LogP) is 2.35. The third-order valence-corrected chi connectivity index (χ3v) is 3.34. The molecule has 1 aromatic carbocycles. The van der Waals surface area contributed by atoms with Crippen molar-refractivity contribution < 1.29 is 4.79 Å². The second-order valence-corrected chi connectivity index (χ2v) is 4.30. The molecule has 0 aliphatic rings. The lowest BCUT2D eigenvalue weighted by atomic mass is 10.1. The number of halogens is 1. The zero-order chi connectivity index (χ0) is 11.4. The monoisotopic (exact) mass is 270 g/mol. The van der Waals surface area contributed by atoms with E-state index in [4.69, 9.17) is 5.73 Å². The van der Waals surface area contributed by atoms with Crippen LogP contribution in [0.3, 0.4) is 0 Å². The van der Waals surface area contributed by atoms with Gasteiger partial charge in [0.25, 0.3) is 0 Å². The summed E-state index contributed by atoms with van der Waals surface area (Å²) >= 11 is 3.48. The minimum absolute atomic E-state index is 0.0429. The SMILES string of the molecule is Cc1cc(NC(=O)CCN)cc(C)c1Br. The van der Waals surface area contributed by atoms with E-state index in [1.54, 1.807) is 0 Å². The lowest BCUT2D eigenvalue weighted by Crippen LogP contribution is -2.16. The largest absolute Gasteiger partial charge is 0.330 e. The zero-order valence-electron chi connectivity index (χ0n) is 8.93. The number of hydrogen-bond acceptors (Lipinski definition) is 2. The first-order valence-electron chi connectivity index (χ1n) is 4.81. The van der Waals surface area contributed by atoms with Crippen molar-refractivity contribution in [1.29, 1.82) is 0 Å². The number of carbonyl (C=O) groups is 1. The van der Waals surface area contributed by atoms with E-state index >= 15 is 0 Å². The lowest BCUT2D eigenvalue weighted by molar-refractivity contribution is -0.116. The zero-order valence-corrected chi connectivity index (χ0v) is 10.5. The van der Waals surface area contributed by atoms with Crippen molar-refractivity contribution in [3.63, 3.8) is 0 Å². The van der Waals surface area contributed by atoms with Gasteiger partial charge in [0.15, 0.2) is 0 Å². The van der Waals surface area contributed by atoms with E-state index in [1.165, 1.54) is 0 Å². The average molecular weight is 271 g/mol. The molecule has 0 saturated carbocycles. The molecule has 3 nitrogen and oxygen atoms in total. The van der Waals surface area contributed by atoms with Gasteiger partial charge in [-0.15, -0.1) is 0 Å². The van der Waals surface area contributed by atoms with Gasteiger partial charge in [-0.25, -0.2) is 0 Å². The van der Waals surface area contributed by atoms with Crippen LogP contribution < -0.4 is 11.1 Å². The van der Waals surface area contributed by atoms with Gasteiger partial charge >= 0.3 is 0 Å². The lowest BCUT2D eigenvalue weighted by Gasteiger charge is -2.09. The third kappa shape index (κ3) is 3.32. The summed E-state index contributed by atoms with van der Waals surface area (Å²) in [7, 11) is 0. The molecule has 0 saturated heterocycles. The summed E-state index contributed by atoms with van der Waals surface area (Å²) < 4.78 is 1.08. The summed E-state index contributed by atoms with van der Waals surface area (Å²) in [6, 6.07) is 3.87. The molecule has 0 aliphatic carbocycles. The molecule has 1 amide bonds. The Balaban J connectivity index is 2.83. The minimum atomic E-state index is -0.0429. The van der Waals surface area contributed by atoms with Crippen LogP contribution in [-0.2, 0) is 4.79 Å². The molecule has 0 radical (unpaired) electrons. The molecule has 0 fully saturated rings. The maximum Gasteiger partial charge on any atom is 0.225 e. The topological polar surface area (TPSA) is 55.1 Å². The minimum Gasteiger partial charge on any atom is -0.330 e. The maximum atomic E-state index is 11.3. The van der Waals surface area contributed by atoms with Crippen LogP contribution in [0.2, 0.25) is 0 Å². The summed E-state index contributed by atoms with van der Waals surface area (Å²) in [4.78, 5) is 11.3. The van der Waals surface area contributed by atoms with Gasteiger partial charge in [0.05, 0.1) is 0 Å². The molecule has 0 bridgehead atoms. The summed E-state index contributed by atoms with van der Waals surface area (Å²) in [5, 5.41) is 2.81. The normalized spacial score (nSPS) is 10.1. The van der Waals surface area contributed by atoms with Crippen LogP contribution >= 0.6 is 15.9 Å². The highest BCUT2D eigenvalue weighted by Crippen LogP contribution is 2.24. The van der Waals surface area contributed by atoms with Crippen molar-refractivity contribution in [2.45, 2.75) is 20.3 Å². The van der Waals surface area contributed by atoms with E-state index in [9.17, 15) is 4.79 Å². The molecule has 4 heteroatoms. The highest BCUT2D eigenvalue weighted by Gasteiger charge is 2.05. The van der Waals surface area contributed by atoms with E-state index in [0.717, 1.165) is 21.3 Å². The first-order chi connectivity index (χ1) is 7.04. The first-order valence-corrected chi connectivity index (χ1v) is 5.60. The van der Waals surface area contributed by atoms with E-state index in [0.29, 0.717) is 13.0 Å². The number of nitrogens with two attached hydrogens (primary N) is 1. The van der Waals surface area contributed by atoms with E-state index in [1.807, 2.05) is 26.0 Å². The van der Waals surface area contributed by atoms with Crippen LogP contribution in [-0.4, -0.2) is 12.5 Å². The van der Waals surface area contributed by atoms with Crippen LogP contribution in [0, 0.1) is 13.8 Å². The second-order valence-electron chi connectivity index (χ2n) is 3.51. The van der Waals surface area contributed by atoms with E-state index < -0.39 is 0 Å². The number of amides is 1. The quantitative estimate of drug-likeness (QED) is 0.886. The van der Waals surface area contributed by atoms with Crippen molar-refractivity contribution in [1.82, 2.24) is 0 Å². The van der Waals surface area contributed by atoms with E-state index in [-0.39, 0.29) is 5.91 Å². The number of benzene rings is 1. The Hall–Kier alpha value is -0.870. The summed E-state index contributed by atoms with van der Waals surface area (Å²) in [5.74, 6) is -0.0429. The van der Waals surface area contributed by atoms with Gasteiger partial charge in [-0.05, 0) is 37.1 Å². The molecule has 0 spiro atoms. The molecule has 1 aromatic rings. The molecule has 82 valence electrons. The number of hydrogen-bond donors (Lipinski definition) is 2. The fourth-order valence-electron chi connectivity index (χ4n) is 1.37. The Morgan fingerprint density at radius 3 is 2.40 bits per heavy atom. The van der Waals surface area contributed by atoms with Crippen LogP contribution in [0.25, 0.3) is 0 Å². The Kier molecular flexibility index (Phi) is 4.29. The van der Waals surface area contributed by atoms with Crippen LogP contribution in [0.15, 0.2) is 16.6 Å². The number of nitrogens with one attached hydrogen (secondary N) is 1. The molecule has 0 atom stereocenters. The number of rotatable bonds is 3. The molecule has 0 aliphatic heterocycles. The highest BCUT2D eigenvalue weighted by atomic mass is 79.9. The van der Waals surface area contributed by atoms with Gasteiger partial charge in [-0.1, -0.05) is 15.9 Å². The summed E-state index contributed by atoms with van der Waals surface area (Å²) in [5.41, 5.74) is 8.34. The van der Waals surface area contributed by atoms with Crippen LogP contribution in [0.4, 0.5) is 5.69 Å². The fourth-order valence-corrected chi connectivity index (χ4v) is 1.60. The highest BCUT2D eigenvalue weighted by molar-refractivity contribution is 9.10. The predicted molar refractivity (Wildman–Crippen MR) is 65.9 cm³/mol.